The normalized spacial score (nSPS) is 13.2. The van der Waals surface area contributed by atoms with Gasteiger partial charge in [-0.05, 0) is 13.0 Å². The maximum atomic E-state index is 10.9. The van der Waals surface area contributed by atoms with Gasteiger partial charge in [-0.25, -0.2) is 0 Å². The van der Waals surface area contributed by atoms with Gasteiger partial charge in [0.1, 0.15) is 0 Å². The van der Waals surface area contributed by atoms with Crippen LogP contribution < -0.4 is 10.6 Å². The number of hydrogen-bond acceptors (Lipinski definition) is 2. The molecule has 0 aromatic rings. The van der Waals surface area contributed by atoms with Crippen molar-refractivity contribution in [3.05, 3.63) is 0 Å². The molecule has 0 spiro atoms. The Morgan fingerprint density at radius 3 is 2.18 bits per heavy atom. The first-order valence-electron chi connectivity index (χ1n) is 3.99. The summed E-state index contributed by atoms with van der Waals surface area (Å²) in [6.45, 7) is 4.20. The zero-order chi connectivity index (χ0) is 8.85. The van der Waals surface area contributed by atoms with E-state index in [0.29, 0.717) is 12.3 Å². The number of nitrogens with one attached hydrogen (secondary N) is 2. The van der Waals surface area contributed by atoms with Crippen LogP contribution in [0.3, 0.4) is 0 Å². The third-order valence-corrected chi connectivity index (χ3v) is 1.86. The second-order valence-corrected chi connectivity index (χ2v) is 3.02. The Kier molecular flexibility index (Phi) is 4.86. The fourth-order valence-corrected chi connectivity index (χ4v) is 0.973. The second kappa shape index (κ2) is 5.13. The monoisotopic (exact) mass is 158 g/mol. The minimum Gasteiger partial charge on any atom is -0.359 e. The van der Waals surface area contributed by atoms with Crippen LogP contribution in [-0.4, -0.2) is 26.0 Å². The zero-order valence-corrected chi connectivity index (χ0v) is 7.77. The van der Waals surface area contributed by atoms with Crippen LogP contribution in [0.25, 0.3) is 0 Å². The molecule has 3 heteroatoms. The molecular formula is C8H18N2O. The molecule has 0 aliphatic carbocycles. The Morgan fingerprint density at radius 2 is 1.91 bits per heavy atom. The Balaban J connectivity index is 3.78. The molecule has 2 N–H and O–H groups in total. The van der Waals surface area contributed by atoms with Gasteiger partial charge in [-0.15, -0.1) is 0 Å². The minimum absolute atomic E-state index is 0.0954. The van der Waals surface area contributed by atoms with Gasteiger partial charge in [0.25, 0.3) is 0 Å². The number of carbonyl (C=O) groups is 1. The van der Waals surface area contributed by atoms with Crippen molar-refractivity contribution >= 4 is 5.91 Å². The largest absolute Gasteiger partial charge is 0.359 e. The molecule has 0 saturated carbocycles. The standard InChI is InChI=1S/C8H18N2O/c1-6(2)7(9-3)5-8(11)10-4/h6-7,9H,5H2,1-4H3,(H,10,11)/t7-/m1/s1. The highest BCUT2D eigenvalue weighted by Gasteiger charge is 2.13. The molecule has 11 heavy (non-hydrogen) atoms. The number of rotatable bonds is 4. The summed E-state index contributed by atoms with van der Waals surface area (Å²) in [7, 11) is 3.54. The second-order valence-electron chi connectivity index (χ2n) is 3.02. The van der Waals surface area contributed by atoms with E-state index < -0.39 is 0 Å². The molecule has 0 saturated heterocycles. The van der Waals surface area contributed by atoms with E-state index in [2.05, 4.69) is 24.5 Å². The third kappa shape index (κ3) is 3.98. The van der Waals surface area contributed by atoms with Gasteiger partial charge in [0.05, 0.1) is 0 Å². The van der Waals surface area contributed by atoms with Crippen molar-refractivity contribution in [2.75, 3.05) is 14.1 Å². The molecule has 3 nitrogen and oxygen atoms in total. The van der Waals surface area contributed by atoms with Crippen LogP contribution in [0.5, 0.6) is 0 Å². The van der Waals surface area contributed by atoms with Crippen molar-refractivity contribution in [2.45, 2.75) is 26.3 Å². The summed E-state index contributed by atoms with van der Waals surface area (Å²) in [5, 5.41) is 5.71. The van der Waals surface area contributed by atoms with Crippen LogP contribution in [0.4, 0.5) is 0 Å². The highest BCUT2D eigenvalue weighted by Crippen LogP contribution is 2.04. The fraction of sp³-hybridized carbons (Fsp3) is 0.875. The predicted molar refractivity (Wildman–Crippen MR) is 46.4 cm³/mol. The Labute approximate surface area is 68.6 Å². The molecule has 0 heterocycles. The molecule has 0 aromatic carbocycles. The fourth-order valence-electron chi connectivity index (χ4n) is 0.973. The quantitative estimate of drug-likeness (QED) is 0.620. The first-order chi connectivity index (χ1) is 5.11. The lowest BCUT2D eigenvalue weighted by Gasteiger charge is -2.18. The molecule has 0 bridgehead atoms. The van der Waals surface area contributed by atoms with E-state index in [0.717, 1.165) is 0 Å². The van der Waals surface area contributed by atoms with E-state index in [4.69, 9.17) is 0 Å². The maximum Gasteiger partial charge on any atom is 0.221 e. The van der Waals surface area contributed by atoms with Gasteiger partial charge >= 0.3 is 0 Å². The van der Waals surface area contributed by atoms with Crippen molar-refractivity contribution in [2.24, 2.45) is 5.92 Å². The van der Waals surface area contributed by atoms with Gasteiger partial charge in [0.15, 0.2) is 0 Å². The summed E-state index contributed by atoms with van der Waals surface area (Å²) in [6, 6.07) is 0.287. The highest BCUT2D eigenvalue weighted by atomic mass is 16.1. The predicted octanol–water partition coefficient (Wildman–Crippen LogP) is 0.366. The van der Waals surface area contributed by atoms with Crippen LogP contribution in [0.2, 0.25) is 0 Å². The maximum absolute atomic E-state index is 10.9. The molecule has 1 amide bonds. The molecule has 1 atom stereocenters. The Morgan fingerprint density at radius 1 is 1.36 bits per heavy atom. The van der Waals surface area contributed by atoms with Crippen molar-refractivity contribution in [1.29, 1.82) is 0 Å². The summed E-state index contributed by atoms with van der Waals surface area (Å²) in [6.07, 6.45) is 0.560. The molecule has 0 aliphatic rings. The highest BCUT2D eigenvalue weighted by molar-refractivity contribution is 5.76. The van der Waals surface area contributed by atoms with Gasteiger partial charge in [-0.1, -0.05) is 13.8 Å². The van der Waals surface area contributed by atoms with Crippen LogP contribution >= 0.6 is 0 Å². The van der Waals surface area contributed by atoms with Crippen LogP contribution in [0, 0.1) is 5.92 Å². The van der Waals surface area contributed by atoms with E-state index in [1.54, 1.807) is 7.05 Å². The lowest BCUT2D eigenvalue weighted by Crippen LogP contribution is -2.36. The van der Waals surface area contributed by atoms with Gasteiger partial charge < -0.3 is 10.6 Å². The average Bonchev–Trinajstić information content (AvgIpc) is 1.99. The molecule has 0 fully saturated rings. The van der Waals surface area contributed by atoms with Crippen molar-refractivity contribution < 1.29 is 4.79 Å². The molecule has 0 aromatic heterocycles. The third-order valence-electron chi connectivity index (χ3n) is 1.86. The Bertz CT molecular complexity index is 123. The number of amides is 1. The molecule has 0 unspecified atom stereocenters. The summed E-state index contributed by atoms with van der Waals surface area (Å²) in [5.74, 6) is 0.593. The summed E-state index contributed by atoms with van der Waals surface area (Å²) in [4.78, 5) is 10.9. The molecule has 0 radical (unpaired) electrons. The molecule has 0 rings (SSSR count). The van der Waals surface area contributed by atoms with Gasteiger partial charge in [0, 0.05) is 19.5 Å². The number of carbonyl (C=O) groups excluding carboxylic acids is 1. The minimum atomic E-state index is 0.0954. The van der Waals surface area contributed by atoms with E-state index in [9.17, 15) is 4.79 Å². The van der Waals surface area contributed by atoms with Crippen LogP contribution in [-0.2, 0) is 4.79 Å². The van der Waals surface area contributed by atoms with Gasteiger partial charge in [-0.2, -0.15) is 0 Å². The summed E-state index contributed by atoms with van der Waals surface area (Å²) < 4.78 is 0. The first kappa shape index (κ1) is 10.4. The smallest absolute Gasteiger partial charge is 0.221 e. The van der Waals surface area contributed by atoms with Crippen molar-refractivity contribution in [3.63, 3.8) is 0 Å². The van der Waals surface area contributed by atoms with Crippen molar-refractivity contribution in [3.8, 4) is 0 Å². The van der Waals surface area contributed by atoms with Crippen LogP contribution in [0.1, 0.15) is 20.3 Å². The number of hydrogen-bond donors (Lipinski definition) is 2. The average molecular weight is 158 g/mol. The topological polar surface area (TPSA) is 41.1 Å². The van der Waals surface area contributed by atoms with Gasteiger partial charge in [0.2, 0.25) is 5.91 Å². The summed E-state index contributed by atoms with van der Waals surface area (Å²) >= 11 is 0. The van der Waals surface area contributed by atoms with Crippen molar-refractivity contribution in [1.82, 2.24) is 10.6 Å². The van der Waals surface area contributed by atoms with E-state index in [1.165, 1.54) is 0 Å². The Hall–Kier alpha value is -0.570. The van der Waals surface area contributed by atoms with Crippen LogP contribution in [0.15, 0.2) is 0 Å². The lowest BCUT2D eigenvalue weighted by molar-refractivity contribution is -0.121. The summed E-state index contributed by atoms with van der Waals surface area (Å²) in [5.41, 5.74) is 0. The van der Waals surface area contributed by atoms with E-state index in [-0.39, 0.29) is 11.9 Å². The van der Waals surface area contributed by atoms with E-state index >= 15 is 0 Å². The molecule has 0 aliphatic heterocycles. The first-order valence-corrected chi connectivity index (χ1v) is 3.99. The zero-order valence-electron chi connectivity index (χ0n) is 7.77. The SMILES string of the molecule is CNC(=O)C[C@@H](NC)C(C)C. The lowest BCUT2D eigenvalue weighted by atomic mass is 10.0. The van der Waals surface area contributed by atoms with Gasteiger partial charge in [-0.3, -0.25) is 4.79 Å². The van der Waals surface area contributed by atoms with E-state index in [1.807, 2.05) is 7.05 Å². The molecule has 66 valence electrons. The molecular weight excluding hydrogens is 140 g/mol.